The molecule has 2 rings (SSSR count). The number of hydrogen-bond acceptors (Lipinski definition) is 4. The number of amides is 2. The summed E-state index contributed by atoms with van der Waals surface area (Å²) in [4.78, 5) is 24.3. The van der Waals surface area contributed by atoms with Gasteiger partial charge in [0.2, 0.25) is 5.91 Å². The van der Waals surface area contributed by atoms with Gasteiger partial charge in [-0.3, -0.25) is 9.59 Å². The van der Waals surface area contributed by atoms with Gasteiger partial charge >= 0.3 is 0 Å². The van der Waals surface area contributed by atoms with Crippen LogP contribution in [0.2, 0.25) is 0 Å². The van der Waals surface area contributed by atoms with Crippen LogP contribution in [0, 0.1) is 0 Å². The predicted octanol–water partition coefficient (Wildman–Crippen LogP) is 0.286. The fourth-order valence-corrected chi connectivity index (χ4v) is 1.68. The van der Waals surface area contributed by atoms with Gasteiger partial charge in [0.1, 0.15) is 5.75 Å². The molecule has 1 aromatic rings. The summed E-state index contributed by atoms with van der Waals surface area (Å²) in [6.07, 6.45) is 0.0655. The van der Waals surface area contributed by atoms with Crippen molar-refractivity contribution in [2.75, 3.05) is 12.0 Å². The van der Waals surface area contributed by atoms with Crippen LogP contribution in [0.4, 0.5) is 5.69 Å². The molecule has 1 saturated heterocycles. The number of ether oxygens (including phenoxy) is 1. The fraction of sp³-hybridized carbons (Fsp3) is 0.273. The molecule has 1 atom stereocenters. The van der Waals surface area contributed by atoms with Crippen LogP contribution in [-0.2, 0) is 9.59 Å². The second-order valence-electron chi connectivity index (χ2n) is 3.58. The maximum Gasteiger partial charge on any atom is 0.251 e. The molecule has 1 heterocycles. The monoisotopic (exact) mass is 220 g/mol. The minimum absolute atomic E-state index is 0.0655. The molecule has 0 unspecified atom stereocenters. The zero-order valence-corrected chi connectivity index (χ0v) is 8.84. The Hall–Kier alpha value is -1.88. The molecular formula is C11H12N2O3. The summed E-state index contributed by atoms with van der Waals surface area (Å²) in [6.45, 7) is 0. The molecule has 1 aromatic carbocycles. The van der Waals surface area contributed by atoms with E-state index >= 15 is 0 Å². The third-order valence-electron chi connectivity index (χ3n) is 2.49. The van der Waals surface area contributed by atoms with E-state index in [9.17, 15) is 9.59 Å². The van der Waals surface area contributed by atoms with E-state index in [-0.39, 0.29) is 18.2 Å². The quantitative estimate of drug-likeness (QED) is 0.727. The Balaban J connectivity index is 2.36. The van der Waals surface area contributed by atoms with Crippen molar-refractivity contribution in [3.05, 3.63) is 24.3 Å². The molecule has 1 fully saturated rings. The summed E-state index contributed by atoms with van der Waals surface area (Å²) in [5.74, 6) is -0.0393. The average molecular weight is 220 g/mol. The lowest BCUT2D eigenvalue weighted by Gasteiger charge is -2.14. The third-order valence-corrected chi connectivity index (χ3v) is 2.49. The van der Waals surface area contributed by atoms with Gasteiger partial charge in [0.15, 0.2) is 0 Å². The summed E-state index contributed by atoms with van der Waals surface area (Å²) in [5, 5.41) is 0. The predicted molar refractivity (Wildman–Crippen MR) is 58.1 cm³/mol. The molecule has 0 bridgehead atoms. The van der Waals surface area contributed by atoms with E-state index in [1.54, 1.807) is 24.3 Å². The highest BCUT2D eigenvalue weighted by molar-refractivity contribution is 6.22. The summed E-state index contributed by atoms with van der Waals surface area (Å²) < 4.78 is 5.03. The van der Waals surface area contributed by atoms with Crippen molar-refractivity contribution in [1.29, 1.82) is 0 Å². The van der Waals surface area contributed by atoms with Crippen LogP contribution in [-0.4, -0.2) is 25.0 Å². The Bertz CT molecular complexity index is 445. The van der Waals surface area contributed by atoms with Gasteiger partial charge in [0.25, 0.3) is 5.91 Å². The van der Waals surface area contributed by atoms with Crippen molar-refractivity contribution in [3.8, 4) is 5.75 Å². The van der Waals surface area contributed by atoms with Crippen LogP contribution >= 0.6 is 0 Å². The van der Waals surface area contributed by atoms with Crippen LogP contribution in [0.25, 0.3) is 0 Å². The molecule has 1 aliphatic heterocycles. The summed E-state index contributed by atoms with van der Waals surface area (Å²) in [6, 6.07) is 6.05. The molecule has 0 aromatic heterocycles. The van der Waals surface area contributed by atoms with Crippen LogP contribution in [0.3, 0.4) is 0 Å². The Kier molecular flexibility index (Phi) is 2.62. The second-order valence-corrected chi connectivity index (χ2v) is 3.58. The van der Waals surface area contributed by atoms with Gasteiger partial charge in [-0.15, -0.1) is 0 Å². The summed E-state index contributed by atoms with van der Waals surface area (Å²) >= 11 is 0. The number of methoxy groups -OCH3 is 1. The first-order chi connectivity index (χ1) is 7.63. The number of hydrogen-bond donors (Lipinski definition) is 1. The zero-order chi connectivity index (χ0) is 11.7. The Morgan fingerprint density at radius 1 is 1.44 bits per heavy atom. The number of imide groups is 1. The van der Waals surface area contributed by atoms with E-state index in [4.69, 9.17) is 10.5 Å². The van der Waals surface area contributed by atoms with Crippen LogP contribution in [0.15, 0.2) is 24.3 Å². The van der Waals surface area contributed by atoms with Crippen molar-refractivity contribution in [3.63, 3.8) is 0 Å². The Morgan fingerprint density at radius 3 is 2.75 bits per heavy atom. The zero-order valence-electron chi connectivity index (χ0n) is 8.84. The van der Waals surface area contributed by atoms with Crippen LogP contribution < -0.4 is 15.4 Å². The van der Waals surface area contributed by atoms with Crippen LogP contribution in [0.5, 0.6) is 5.75 Å². The highest BCUT2D eigenvalue weighted by Gasteiger charge is 2.37. The number of rotatable bonds is 2. The third kappa shape index (κ3) is 1.65. The van der Waals surface area contributed by atoms with Crippen molar-refractivity contribution < 1.29 is 14.3 Å². The Labute approximate surface area is 92.8 Å². The highest BCUT2D eigenvalue weighted by atomic mass is 16.5. The lowest BCUT2D eigenvalue weighted by Crippen LogP contribution is -2.35. The number of carbonyl (C=O) groups is 2. The fourth-order valence-electron chi connectivity index (χ4n) is 1.68. The normalized spacial score (nSPS) is 20.4. The highest BCUT2D eigenvalue weighted by Crippen LogP contribution is 2.25. The molecule has 5 heteroatoms. The van der Waals surface area contributed by atoms with Gasteiger partial charge in [-0.25, -0.2) is 4.90 Å². The largest absolute Gasteiger partial charge is 0.497 e. The van der Waals surface area contributed by atoms with E-state index in [1.807, 2.05) is 0 Å². The molecular weight excluding hydrogens is 208 g/mol. The Morgan fingerprint density at radius 2 is 2.19 bits per heavy atom. The molecule has 0 spiro atoms. The molecule has 0 aliphatic carbocycles. The number of anilines is 1. The topological polar surface area (TPSA) is 72.6 Å². The van der Waals surface area contributed by atoms with Crippen molar-refractivity contribution in [2.45, 2.75) is 12.5 Å². The minimum Gasteiger partial charge on any atom is -0.497 e. The molecule has 1 aliphatic rings. The minimum atomic E-state index is -0.723. The van der Waals surface area contributed by atoms with E-state index in [2.05, 4.69) is 0 Å². The standard InChI is InChI=1S/C11H12N2O3/c1-16-8-4-2-3-7(5-8)13-10(14)6-9(12)11(13)15/h2-5,9H,6,12H2,1H3/t9-/m0/s1. The van der Waals surface area contributed by atoms with Crippen LogP contribution in [0.1, 0.15) is 6.42 Å². The van der Waals surface area contributed by atoms with Gasteiger partial charge in [-0.1, -0.05) is 6.07 Å². The van der Waals surface area contributed by atoms with Gasteiger partial charge in [0.05, 0.1) is 25.3 Å². The lowest BCUT2D eigenvalue weighted by atomic mass is 10.2. The number of nitrogens with two attached hydrogens (primary N) is 1. The number of benzene rings is 1. The molecule has 16 heavy (non-hydrogen) atoms. The first-order valence-corrected chi connectivity index (χ1v) is 4.90. The number of nitrogens with zero attached hydrogens (tertiary/aromatic N) is 1. The molecule has 5 nitrogen and oxygen atoms in total. The van der Waals surface area contributed by atoms with Crippen molar-refractivity contribution in [1.82, 2.24) is 0 Å². The van der Waals surface area contributed by atoms with E-state index < -0.39 is 6.04 Å². The average Bonchev–Trinajstić information content (AvgIpc) is 2.53. The SMILES string of the molecule is COc1cccc(N2C(=O)C[C@H](N)C2=O)c1. The summed E-state index contributed by atoms with van der Waals surface area (Å²) in [5.41, 5.74) is 6.03. The van der Waals surface area contributed by atoms with Gasteiger partial charge < -0.3 is 10.5 Å². The lowest BCUT2D eigenvalue weighted by molar-refractivity contribution is -0.121. The van der Waals surface area contributed by atoms with Crippen molar-refractivity contribution >= 4 is 17.5 Å². The smallest absolute Gasteiger partial charge is 0.251 e. The molecule has 0 saturated carbocycles. The van der Waals surface area contributed by atoms with E-state index in [0.717, 1.165) is 4.90 Å². The molecule has 84 valence electrons. The maximum atomic E-state index is 11.7. The maximum absolute atomic E-state index is 11.7. The van der Waals surface area contributed by atoms with Gasteiger partial charge in [0, 0.05) is 6.07 Å². The molecule has 0 radical (unpaired) electrons. The van der Waals surface area contributed by atoms with E-state index in [1.165, 1.54) is 7.11 Å². The molecule has 2 amide bonds. The van der Waals surface area contributed by atoms with E-state index in [0.29, 0.717) is 11.4 Å². The first kappa shape index (κ1) is 10.6. The molecule has 2 N–H and O–H groups in total. The van der Waals surface area contributed by atoms with Gasteiger partial charge in [-0.2, -0.15) is 0 Å². The van der Waals surface area contributed by atoms with Crippen molar-refractivity contribution in [2.24, 2.45) is 5.73 Å². The first-order valence-electron chi connectivity index (χ1n) is 4.90. The number of carbonyl (C=O) groups excluding carboxylic acids is 2. The second kappa shape index (κ2) is 3.94. The summed E-state index contributed by atoms with van der Waals surface area (Å²) in [7, 11) is 1.53. The van der Waals surface area contributed by atoms with Gasteiger partial charge in [-0.05, 0) is 12.1 Å².